The molecule has 7 heteroatoms. The number of esters is 1. The van der Waals surface area contributed by atoms with Gasteiger partial charge in [-0.15, -0.1) is 0 Å². The van der Waals surface area contributed by atoms with Crippen LogP contribution in [0.25, 0.3) is 11.0 Å². The second kappa shape index (κ2) is 8.92. The van der Waals surface area contributed by atoms with E-state index in [-0.39, 0.29) is 18.9 Å². The molecule has 1 unspecified atom stereocenters. The van der Waals surface area contributed by atoms with E-state index < -0.39 is 17.6 Å². The van der Waals surface area contributed by atoms with E-state index in [2.05, 4.69) is 5.32 Å². The number of fused-ring (bicyclic) bond motifs is 1. The summed E-state index contributed by atoms with van der Waals surface area (Å²) in [6.07, 6.45) is -0.00217. The van der Waals surface area contributed by atoms with Crippen LogP contribution in [0.5, 0.6) is 0 Å². The molecule has 1 heterocycles. The number of nitrogens with one attached hydrogen (secondary N) is 1. The summed E-state index contributed by atoms with van der Waals surface area (Å²) < 4.78 is 10.5. The van der Waals surface area contributed by atoms with Gasteiger partial charge >= 0.3 is 11.6 Å². The number of ether oxygens (including phenoxy) is 1. The van der Waals surface area contributed by atoms with E-state index in [1.54, 1.807) is 50.2 Å². The van der Waals surface area contributed by atoms with Crippen LogP contribution in [0.3, 0.4) is 0 Å². The number of benzene rings is 2. The van der Waals surface area contributed by atoms with Crippen LogP contribution in [0.1, 0.15) is 34.8 Å². The minimum absolute atomic E-state index is 0.00217. The molecule has 2 aromatic carbocycles. The van der Waals surface area contributed by atoms with Gasteiger partial charge in [0.05, 0.1) is 6.42 Å². The quantitative estimate of drug-likeness (QED) is 0.487. The van der Waals surface area contributed by atoms with Gasteiger partial charge in [-0.05, 0) is 43.7 Å². The van der Waals surface area contributed by atoms with E-state index in [4.69, 9.17) is 20.8 Å². The maximum atomic E-state index is 12.2. The van der Waals surface area contributed by atoms with Crippen molar-refractivity contribution in [3.63, 3.8) is 0 Å². The molecule has 6 nitrogen and oxygen atoms in total. The smallest absolute Gasteiger partial charge is 0.336 e. The lowest BCUT2D eigenvalue weighted by molar-refractivity contribution is -0.145. The highest BCUT2D eigenvalue weighted by molar-refractivity contribution is 6.32. The fraction of sp³-hybridized carbons (Fsp3) is 0.227. The van der Waals surface area contributed by atoms with E-state index in [0.29, 0.717) is 27.1 Å². The SMILES string of the molecule is Cc1cc2oc(=O)cc(COC(=O)CC(C)NC(=O)c3ccccc3)c2cc1Cl. The molecule has 0 bridgehead atoms. The van der Waals surface area contributed by atoms with Gasteiger partial charge in [-0.1, -0.05) is 29.8 Å². The predicted octanol–water partition coefficient (Wildman–Crippen LogP) is 4.01. The fourth-order valence-electron chi connectivity index (χ4n) is 2.88. The van der Waals surface area contributed by atoms with Crippen molar-refractivity contribution in [2.45, 2.75) is 32.9 Å². The number of hydrogen-bond donors (Lipinski definition) is 1. The molecule has 0 fully saturated rings. The lowest BCUT2D eigenvalue weighted by atomic mass is 10.1. The van der Waals surface area contributed by atoms with Gasteiger partial charge < -0.3 is 14.5 Å². The fourth-order valence-corrected chi connectivity index (χ4v) is 3.05. The third-order valence-corrected chi connectivity index (χ3v) is 4.79. The van der Waals surface area contributed by atoms with Crippen molar-refractivity contribution in [3.8, 4) is 0 Å². The highest BCUT2D eigenvalue weighted by Crippen LogP contribution is 2.25. The zero-order valence-electron chi connectivity index (χ0n) is 16.0. The summed E-state index contributed by atoms with van der Waals surface area (Å²) in [6.45, 7) is 3.43. The number of amides is 1. The molecule has 1 aromatic heterocycles. The van der Waals surface area contributed by atoms with Crippen LogP contribution in [0.2, 0.25) is 5.02 Å². The van der Waals surface area contributed by atoms with E-state index in [1.807, 2.05) is 6.07 Å². The van der Waals surface area contributed by atoms with Gasteiger partial charge in [0.2, 0.25) is 0 Å². The van der Waals surface area contributed by atoms with Crippen LogP contribution in [-0.2, 0) is 16.1 Å². The van der Waals surface area contributed by atoms with Crippen LogP contribution in [-0.4, -0.2) is 17.9 Å². The molecule has 1 amide bonds. The Morgan fingerprint density at radius 3 is 2.62 bits per heavy atom. The molecule has 1 N–H and O–H groups in total. The van der Waals surface area contributed by atoms with Crippen LogP contribution in [0.4, 0.5) is 0 Å². The molecule has 3 rings (SSSR count). The summed E-state index contributed by atoms with van der Waals surface area (Å²) in [7, 11) is 0. The second-order valence-corrected chi connectivity index (χ2v) is 7.20. The number of hydrogen-bond acceptors (Lipinski definition) is 5. The van der Waals surface area contributed by atoms with Gasteiger partial charge in [-0.3, -0.25) is 9.59 Å². The number of halogens is 1. The van der Waals surface area contributed by atoms with Crippen molar-refractivity contribution in [2.75, 3.05) is 0 Å². The molecule has 29 heavy (non-hydrogen) atoms. The van der Waals surface area contributed by atoms with Gasteiger partial charge in [0.25, 0.3) is 5.91 Å². The molecule has 3 aromatic rings. The molecule has 0 aliphatic carbocycles. The topological polar surface area (TPSA) is 85.6 Å². The molecule has 0 spiro atoms. The average Bonchev–Trinajstić information content (AvgIpc) is 2.68. The van der Waals surface area contributed by atoms with Crippen molar-refractivity contribution >= 4 is 34.4 Å². The number of carbonyl (C=O) groups is 2. The first-order valence-electron chi connectivity index (χ1n) is 9.08. The Morgan fingerprint density at radius 1 is 1.17 bits per heavy atom. The lowest BCUT2D eigenvalue weighted by Crippen LogP contribution is -2.34. The van der Waals surface area contributed by atoms with Crippen molar-refractivity contribution in [2.24, 2.45) is 0 Å². The van der Waals surface area contributed by atoms with E-state index in [0.717, 1.165) is 5.56 Å². The van der Waals surface area contributed by atoms with E-state index >= 15 is 0 Å². The molecular weight excluding hydrogens is 394 g/mol. The molecular formula is C22H20ClNO5. The Labute approximate surface area is 172 Å². The second-order valence-electron chi connectivity index (χ2n) is 6.79. The minimum Gasteiger partial charge on any atom is -0.461 e. The van der Waals surface area contributed by atoms with E-state index in [9.17, 15) is 14.4 Å². The summed E-state index contributed by atoms with van der Waals surface area (Å²) in [6, 6.07) is 13.0. The largest absolute Gasteiger partial charge is 0.461 e. The van der Waals surface area contributed by atoms with Crippen LogP contribution < -0.4 is 10.9 Å². The van der Waals surface area contributed by atoms with Crippen LogP contribution in [0.15, 0.2) is 57.7 Å². The minimum atomic E-state index is -0.534. The summed E-state index contributed by atoms with van der Waals surface area (Å²) >= 11 is 6.16. The first-order valence-corrected chi connectivity index (χ1v) is 9.45. The lowest BCUT2D eigenvalue weighted by Gasteiger charge is -2.14. The van der Waals surface area contributed by atoms with Gasteiger partial charge in [-0.2, -0.15) is 0 Å². The Hall–Kier alpha value is -3.12. The maximum Gasteiger partial charge on any atom is 0.336 e. The van der Waals surface area contributed by atoms with Gasteiger partial charge in [0.15, 0.2) is 0 Å². The number of carbonyl (C=O) groups excluding carboxylic acids is 2. The van der Waals surface area contributed by atoms with Crippen molar-refractivity contribution in [1.29, 1.82) is 0 Å². The molecule has 0 aliphatic heterocycles. The summed E-state index contributed by atoms with van der Waals surface area (Å²) in [4.78, 5) is 36.1. The monoisotopic (exact) mass is 413 g/mol. The first kappa shape index (κ1) is 20.6. The van der Waals surface area contributed by atoms with Crippen molar-refractivity contribution in [3.05, 3.63) is 80.7 Å². The standard InChI is InChI=1S/C22H20ClNO5/c1-13-8-19-17(11-18(13)23)16(10-21(26)29-19)12-28-20(25)9-14(2)24-22(27)15-6-4-3-5-7-15/h3-8,10-11,14H,9,12H2,1-2H3,(H,24,27). The highest BCUT2D eigenvalue weighted by Gasteiger charge is 2.15. The third kappa shape index (κ3) is 5.23. The summed E-state index contributed by atoms with van der Waals surface area (Å²) in [5.41, 5.74) is 1.65. The summed E-state index contributed by atoms with van der Waals surface area (Å²) in [5.74, 6) is -0.756. The normalized spacial score (nSPS) is 11.8. The Bertz CT molecular complexity index is 1110. The summed E-state index contributed by atoms with van der Waals surface area (Å²) in [5, 5.41) is 3.89. The van der Waals surface area contributed by atoms with Crippen LogP contribution in [0, 0.1) is 6.92 Å². The van der Waals surface area contributed by atoms with Crippen molar-refractivity contribution in [1.82, 2.24) is 5.32 Å². The average molecular weight is 414 g/mol. The first-order chi connectivity index (χ1) is 13.8. The molecule has 150 valence electrons. The van der Waals surface area contributed by atoms with Gasteiger partial charge in [0.1, 0.15) is 12.2 Å². The number of aryl methyl sites for hydroxylation is 1. The Balaban J connectivity index is 1.63. The number of rotatable bonds is 6. The zero-order valence-corrected chi connectivity index (χ0v) is 16.8. The van der Waals surface area contributed by atoms with Gasteiger partial charge in [0, 0.05) is 33.6 Å². The predicted molar refractivity (Wildman–Crippen MR) is 110 cm³/mol. The Morgan fingerprint density at radius 2 is 1.90 bits per heavy atom. The third-order valence-electron chi connectivity index (χ3n) is 4.38. The molecule has 0 radical (unpaired) electrons. The zero-order chi connectivity index (χ0) is 21.0. The molecule has 0 saturated carbocycles. The maximum absolute atomic E-state index is 12.2. The Kier molecular flexibility index (Phi) is 6.34. The highest BCUT2D eigenvalue weighted by atomic mass is 35.5. The van der Waals surface area contributed by atoms with E-state index in [1.165, 1.54) is 6.07 Å². The van der Waals surface area contributed by atoms with Gasteiger partial charge in [-0.25, -0.2) is 4.79 Å². The molecule has 1 atom stereocenters. The molecule has 0 saturated heterocycles. The molecule has 0 aliphatic rings. The van der Waals surface area contributed by atoms with Crippen molar-refractivity contribution < 1.29 is 18.7 Å². The van der Waals surface area contributed by atoms with Crippen LogP contribution >= 0.6 is 11.6 Å².